The van der Waals surface area contributed by atoms with Crippen molar-refractivity contribution in [3.63, 3.8) is 0 Å². The van der Waals surface area contributed by atoms with Crippen LogP contribution < -0.4 is 5.32 Å². The van der Waals surface area contributed by atoms with E-state index in [1.807, 2.05) is 24.0 Å². The van der Waals surface area contributed by atoms with E-state index in [0.29, 0.717) is 30.6 Å². The average Bonchev–Trinajstić information content (AvgIpc) is 2.69. The van der Waals surface area contributed by atoms with Gasteiger partial charge in [0.25, 0.3) is 5.91 Å². The van der Waals surface area contributed by atoms with E-state index in [0.717, 1.165) is 37.9 Å². The van der Waals surface area contributed by atoms with Crippen LogP contribution >= 0.6 is 0 Å². The van der Waals surface area contributed by atoms with Crippen LogP contribution in [-0.4, -0.2) is 57.1 Å². The third kappa shape index (κ3) is 3.93. The zero-order valence-electron chi connectivity index (χ0n) is 15.6. The molecular weight excluding hydrogens is 342 g/mol. The van der Waals surface area contributed by atoms with E-state index in [9.17, 15) is 4.79 Å². The van der Waals surface area contributed by atoms with Crippen LogP contribution in [0, 0.1) is 6.92 Å². The fourth-order valence-corrected chi connectivity index (χ4v) is 4.03. The van der Waals surface area contributed by atoms with Crippen LogP contribution in [0.2, 0.25) is 0 Å². The normalized spacial score (nSPS) is 21.8. The second-order valence-electron chi connectivity index (χ2n) is 7.42. The Bertz CT molecular complexity index is 790. The Morgan fingerprint density at radius 3 is 2.78 bits per heavy atom. The Morgan fingerprint density at radius 1 is 1.26 bits per heavy atom. The number of nitrogens with zero attached hydrogens (tertiary/aromatic N) is 4. The summed E-state index contributed by atoms with van der Waals surface area (Å²) in [4.78, 5) is 27.4. The zero-order chi connectivity index (χ0) is 18.7. The van der Waals surface area contributed by atoms with Crippen LogP contribution in [-0.2, 0) is 4.74 Å². The van der Waals surface area contributed by atoms with E-state index in [1.165, 1.54) is 0 Å². The van der Waals surface area contributed by atoms with Crippen molar-refractivity contribution in [3.8, 4) is 0 Å². The second-order valence-corrected chi connectivity index (χ2v) is 7.42. The van der Waals surface area contributed by atoms with Crippen LogP contribution in [0.1, 0.15) is 41.6 Å². The van der Waals surface area contributed by atoms with Crippen molar-refractivity contribution in [2.75, 3.05) is 25.0 Å². The molecule has 142 valence electrons. The summed E-state index contributed by atoms with van der Waals surface area (Å²) in [5.41, 5.74) is 1.50. The standard InChI is InChI=1S/C20H25N5O2/c1-15-3-9-21-14-17(15)18(26)25-10-5-20(6-11-25)13-16(4-12-27-20)24-19-22-7-2-8-23-19/h2-3,7-9,14,16H,4-6,10-13H2,1H3,(H,22,23,24)/t16-/m1/s1. The van der Waals surface area contributed by atoms with Gasteiger partial charge in [-0.15, -0.1) is 0 Å². The molecule has 0 unspecified atom stereocenters. The van der Waals surface area contributed by atoms with E-state index in [1.54, 1.807) is 24.8 Å². The molecule has 2 fully saturated rings. The van der Waals surface area contributed by atoms with Crippen LogP contribution in [0.4, 0.5) is 5.95 Å². The largest absolute Gasteiger partial charge is 0.375 e. The van der Waals surface area contributed by atoms with Gasteiger partial charge < -0.3 is 15.0 Å². The minimum Gasteiger partial charge on any atom is -0.375 e. The fourth-order valence-electron chi connectivity index (χ4n) is 4.03. The molecule has 0 radical (unpaired) electrons. The molecule has 2 aromatic rings. The lowest BCUT2D eigenvalue weighted by atomic mass is 9.82. The molecule has 4 rings (SSSR count). The lowest BCUT2D eigenvalue weighted by Crippen LogP contribution is -2.52. The van der Waals surface area contributed by atoms with E-state index in [2.05, 4.69) is 20.3 Å². The van der Waals surface area contributed by atoms with Crippen molar-refractivity contribution in [2.24, 2.45) is 0 Å². The topological polar surface area (TPSA) is 80.2 Å². The number of hydrogen-bond donors (Lipinski definition) is 1. The first-order valence-electron chi connectivity index (χ1n) is 9.53. The van der Waals surface area contributed by atoms with Gasteiger partial charge in [0.15, 0.2) is 0 Å². The number of pyridine rings is 1. The molecule has 0 aliphatic carbocycles. The van der Waals surface area contributed by atoms with Crippen molar-refractivity contribution in [1.82, 2.24) is 19.9 Å². The third-order valence-corrected chi connectivity index (χ3v) is 5.62. The van der Waals surface area contributed by atoms with Gasteiger partial charge in [0, 0.05) is 50.5 Å². The first-order valence-corrected chi connectivity index (χ1v) is 9.53. The molecule has 2 aromatic heterocycles. The molecule has 1 spiro atoms. The monoisotopic (exact) mass is 367 g/mol. The maximum absolute atomic E-state index is 12.8. The number of piperidine rings is 1. The highest BCUT2D eigenvalue weighted by Crippen LogP contribution is 2.36. The number of hydrogen-bond acceptors (Lipinski definition) is 6. The Hall–Kier alpha value is -2.54. The Labute approximate surface area is 159 Å². The first kappa shape index (κ1) is 17.9. The number of carbonyl (C=O) groups is 1. The Morgan fingerprint density at radius 2 is 2.04 bits per heavy atom. The van der Waals surface area contributed by atoms with E-state index in [4.69, 9.17) is 4.74 Å². The predicted molar refractivity (Wildman–Crippen MR) is 101 cm³/mol. The van der Waals surface area contributed by atoms with Gasteiger partial charge in [-0.05, 0) is 50.3 Å². The molecule has 27 heavy (non-hydrogen) atoms. The van der Waals surface area contributed by atoms with Gasteiger partial charge in [-0.2, -0.15) is 0 Å². The maximum Gasteiger partial charge on any atom is 0.255 e. The highest BCUT2D eigenvalue weighted by molar-refractivity contribution is 5.95. The summed E-state index contributed by atoms with van der Waals surface area (Å²) >= 11 is 0. The zero-order valence-corrected chi connectivity index (χ0v) is 15.6. The van der Waals surface area contributed by atoms with Crippen molar-refractivity contribution < 1.29 is 9.53 Å². The lowest BCUT2D eigenvalue weighted by Gasteiger charge is -2.46. The second kappa shape index (κ2) is 7.60. The molecule has 2 aliphatic rings. The summed E-state index contributed by atoms with van der Waals surface area (Å²) in [6, 6.07) is 3.99. The molecular formula is C20H25N5O2. The molecule has 0 saturated carbocycles. The number of carbonyl (C=O) groups excluding carboxylic acids is 1. The fraction of sp³-hybridized carbons (Fsp3) is 0.500. The first-order chi connectivity index (χ1) is 13.2. The number of nitrogens with one attached hydrogen (secondary N) is 1. The van der Waals surface area contributed by atoms with Gasteiger partial charge in [0.1, 0.15) is 0 Å². The molecule has 1 amide bonds. The van der Waals surface area contributed by atoms with Gasteiger partial charge in [0.05, 0.1) is 11.2 Å². The lowest BCUT2D eigenvalue weighted by molar-refractivity contribution is -0.110. The average molecular weight is 367 g/mol. The number of aromatic nitrogens is 3. The Balaban J connectivity index is 1.37. The number of rotatable bonds is 3. The van der Waals surface area contributed by atoms with Gasteiger partial charge in [-0.25, -0.2) is 9.97 Å². The van der Waals surface area contributed by atoms with E-state index in [-0.39, 0.29) is 11.5 Å². The summed E-state index contributed by atoms with van der Waals surface area (Å²) in [5, 5.41) is 3.43. The SMILES string of the molecule is Cc1ccncc1C(=O)N1CCC2(CC1)C[C@H](Nc1ncccn1)CCO2. The molecule has 2 saturated heterocycles. The molecule has 7 nitrogen and oxygen atoms in total. The summed E-state index contributed by atoms with van der Waals surface area (Å²) in [7, 11) is 0. The van der Waals surface area contributed by atoms with Gasteiger partial charge in [-0.3, -0.25) is 9.78 Å². The van der Waals surface area contributed by atoms with E-state index >= 15 is 0 Å². The number of aryl methyl sites for hydroxylation is 1. The molecule has 7 heteroatoms. The van der Waals surface area contributed by atoms with Crippen LogP contribution in [0.25, 0.3) is 0 Å². The Kier molecular flexibility index (Phi) is 5.03. The molecule has 0 bridgehead atoms. The minimum atomic E-state index is -0.161. The molecule has 1 N–H and O–H groups in total. The quantitative estimate of drug-likeness (QED) is 0.898. The van der Waals surface area contributed by atoms with E-state index < -0.39 is 0 Å². The van der Waals surface area contributed by atoms with Crippen LogP contribution in [0.5, 0.6) is 0 Å². The molecule has 0 aromatic carbocycles. The minimum absolute atomic E-state index is 0.0682. The molecule has 2 aliphatic heterocycles. The summed E-state index contributed by atoms with van der Waals surface area (Å²) < 4.78 is 6.20. The van der Waals surface area contributed by atoms with Gasteiger partial charge >= 0.3 is 0 Å². The van der Waals surface area contributed by atoms with Crippen molar-refractivity contribution >= 4 is 11.9 Å². The van der Waals surface area contributed by atoms with Crippen LogP contribution in [0.3, 0.4) is 0 Å². The van der Waals surface area contributed by atoms with Crippen LogP contribution in [0.15, 0.2) is 36.9 Å². The summed E-state index contributed by atoms with van der Waals surface area (Å²) in [5.74, 6) is 0.734. The highest BCUT2D eigenvalue weighted by atomic mass is 16.5. The number of ether oxygens (including phenoxy) is 1. The summed E-state index contributed by atoms with van der Waals surface area (Å²) in [6.07, 6.45) is 10.4. The van der Waals surface area contributed by atoms with Gasteiger partial charge in [0.2, 0.25) is 5.95 Å². The number of likely N-dealkylation sites (tertiary alicyclic amines) is 1. The number of amides is 1. The third-order valence-electron chi connectivity index (χ3n) is 5.62. The molecule has 1 atom stereocenters. The smallest absolute Gasteiger partial charge is 0.255 e. The predicted octanol–water partition coefficient (Wildman–Crippen LogP) is 2.45. The molecule has 4 heterocycles. The van der Waals surface area contributed by atoms with Crippen molar-refractivity contribution in [1.29, 1.82) is 0 Å². The van der Waals surface area contributed by atoms with Crippen molar-refractivity contribution in [3.05, 3.63) is 48.0 Å². The summed E-state index contributed by atoms with van der Waals surface area (Å²) in [6.45, 7) is 4.09. The van der Waals surface area contributed by atoms with Crippen molar-refractivity contribution in [2.45, 2.75) is 44.2 Å². The number of anilines is 1. The van der Waals surface area contributed by atoms with Gasteiger partial charge in [-0.1, -0.05) is 0 Å². The maximum atomic E-state index is 12.8. The highest BCUT2D eigenvalue weighted by Gasteiger charge is 2.41.